The van der Waals surface area contributed by atoms with Gasteiger partial charge in [0.15, 0.2) is 9.84 Å². The standard InChI is InChI=1S/C20H21ClN4O3S/c1-29(27,28)14-7-5-13(6-8-14)9-10-23-19-11-18(24-20(22)25-19)15-3-2-4-17(21)16(15)12-26/h2-8,11,26H,9-10,12H2,1H3,(H3,22,23,24,25). The molecule has 3 rings (SSSR count). The molecule has 0 aliphatic rings. The molecular weight excluding hydrogens is 412 g/mol. The van der Waals surface area contributed by atoms with Crippen molar-refractivity contribution in [2.45, 2.75) is 17.9 Å². The maximum Gasteiger partial charge on any atom is 0.222 e. The Morgan fingerprint density at radius 3 is 2.52 bits per heavy atom. The monoisotopic (exact) mass is 432 g/mol. The predicted molar refractivity (Wildman–Crippen MR) is 115 cm³/mol. The van der Waals surface area contributed by atoms with Crippen molar-refractivity contribution in [3.05, 3.63) is 64.7 Å². The second kappa shape index (κ2) is 8.77. The van der Waals surface area contributed by atoms with Gasteiger partial charge in [-0.05, 0) is 30.2 Å². The van der Waals surface area contributed by atoms with Crippen LogP contribution in [0.1, 0.15) is 11.1 Å². The van der Waals surface area contributed by atoms with Gasteiger partial charge in [0.1, 0.15) is 5.82 Å². The summed E-state index contributed by atoms with van der Waals surface area (Å²) >= 11 is 6.16. The zero-order chi connectivity index (χ0) is 21.0. The number of nitrogens with one attached hydrogen (secondary N) is 1. The number of benzene rings is 2. The van der Waals surface area contributed by atoms with Crippen molar-refractivity contribution in [2.24, 2.45) is 0 Å². The third-order valence-electron chi connectivity index (χ3n) is 4.37. The third-order valence-corrected chi connectivity index (χ3v) is 5.85. The number of rotatable bonds is 7. The van der Waals surface area contributed by atoms with E-state index >= 15 is 0 Å². The van der Waals surface area contributed by atoms with Gasteiger partial charge in [-0.2, -0.15) is 4.98 Å². The molecule has 29 heavy (non-hydrogen) atoms. The molecule has 0 unspecified atom stereocenters. The molecule has 0 radical (unpaired) electrons. The van der Waals surface area contributed by atoms with Crippen LogP contribution in [-0.4, -0.2) is 36.3 Å². The lowest BCUT2D eigenvalue weighted by atomic mass is 10.0. The second-order valence-electron chi connectivity index (χ2n) is 6.51. The number of anilines is 2. The van der Waals surface area contributed by atoms with E-state index in [0.29, 0.717) is 45.5 Å². The van der Waals surface area contributed by atoms with E-state index in [1.54, 1.807) is 42.5 Å². The zero-order valence-corrected chi connectivity index (χ0v) is 17.3. The highest BCUT2D eigenvalue weighted by atomic mass is 35.5. The van der Waals surface area contributed by atoms with Crippen LogP contribution < -0.4 is 11.1 Å². The highest BCUT2D eigenvalue weighted by Gasteiger charge is 2.12. The van der Waals surface area contributed by atoms with Gasteiger partial charge >= 0.3 is 0 Å². The molecule has 4 N–H and O–H groups in total. The van der Waals surface area contributed by atoms with Crippen molar-refractivity contribution in [2.75, 3.05) is 23.9 Å². The number of aliphatic hydroxyl groups is 1. The number of aromatic nitrogens is 2. The van der Waals surface area contributed by atoms with Crippen molar-refractivity contribution >= 4 is 33.2 Å². The van der Waals surface area contributed by atoms with E-state index in [9.17, 15) is 13.5 Å². The summed E-state index contributed by atoms with van der Waals surface area (Å²) in [4.78, 5) is 8.74. The van der Waals surface area contributed by atoms with Gasteiger partial charge in [-0.3, -0.25) is 0 Å². The van der Waals surface area contributed by atoms with Crippen molar-refractivity contribution in [1.29, 1.82) is 0 Å². The van der Waals surface area contributed by atoms with E-state index in [4.69, 9.17) is 17.3 Å². The number of hydrogen-bond donors (Lipinski definition) is 3. The lowest BCUT2D eigenvalue weighted by molar-refractivity contribution is 0.282. The molecule has 2 aromatic carbocycles. The Morgan fingerprint density at radius 1 is 1.14 bits per heavy atom. The van der Waals surface area contributed by atoms with Gasteiger partial charge in [-0.25, -0.2) is 13.4 Å². The summed E-state index contributed by atoms with van der Waals surface area (Å²) in [5, 5.41) is 13.3. The minimum Gasteiger partial charge on any atom is -0.392 e. The van der Waals surface area contributed by atoms with Crippen molar-refractivity contribution < 1.29 is 13.5 Å². The summed E-state index contributed by atoms with van der Waals surface area (Å²) in [7, 11) is -3.20. The SMILES string of the molecule is CS(=O)(=O)c1ccc(CCNc2cc(-c3cccc(Cl)c3CO)nc(N)n2)cc1. The Labute approximate surface area is 174 Å². The summed E-state index contributed by atoms with van der Waals surface area (Å²) in [5.41, 5.74) is 8.66. The largest absolute Gasteiger partial charge is 0.392 e. The van der Waals surface area contributed by atoms with E-state index in [1.807, 2.05) is 6.07 Å². The lowest BCUT2D eigenvalue weighted by Gasteiger charge is -2.12. The van der Waals surface area contributed by atoms with E-state index in [-0.39, 0.29) is 12.6 Å². The zero-order valence-electron chi connectivity index (χ0n) is 15.8. The summed E-state index contributed by atoms with van der Waals surface area (Å²) in [6.07, 6.45) is 1.85. The number of nitrogens with two attached hydrogens (primary N) is 1. The minimum absolute atomic E-state index is 0.103. The maximum absolute atomic E-state index is 11.5. The molecule has 0 fully saturated rings. The topological polar surface area (TPSA) is 118 Å². The highest BCUT2D eigenvalue weighted by molar-refractivity contribution is 7.90. The molecule has 0 atom stereocenters. The van der Waals surface area contributed by atoms with Crippen LogP contribution in [0.2, 0.25) is 5.02 Å². The summed E-state index contributed by atoms with van der Waals surface area (Å²) in [5.74, 6) is 0.649. The molecular formula is C20H21ClN4O3S. The fourth-order valence-electron chi connectivity index (χ4n) is 2.89. The molecule has 9 heteroatoms. The first-order valence-electron chi connectivity index (χ1n) is 8.84. The predicted octanol–water partition coefficient (Wildman–Crippen LogP) is 2.93. The van der Waals surface area contributed by atoms with E-state index in [1.165, 1.54) is 6.26 Å². The molecule has 0 spiro atoms. The Kier molecular flexibility index (Phi) is 6.36. The fraction of sp³-hybridized carbons (Fsp3) is 0.200. The molecule has 0 saturated carbocycles. The molecule has 0 aliphatic heterocycles. The van der Waals surface area contributed by atoms with E-state index in [0.717, 1.165) is 5.56 Å². The van der Waals surface area contributed by atoms with E-state index < -0.39 is 9.84 Å². The minimum atomic E-state index is -3.20. The van der Waals surface area contributed by atoms with Gasteiger partial charge in [-0.15, -0.1) is 0 Å². The number of aliphatic hydroxyl groups excluding tert-OH is 1. The first kappa shape index (κ1) is 21.0. The molecule has 1 aromatic heterocycles. The Balaban J connectivity index is 1.74. The third kappa shape index (κ3) is 5.23. The van der Waals surface area contributed by atoms with Crippen LogP contribution in [0.15, 0.2) is 53.4 Å². The van der Waals surface area contributed by atoms with Gasteiger partial charge < -0.3 is 16.2 Å². The fourth-order valence-corrected chi connectivity index (χ4v) is 3.76. The van der Waals surface area contributed by atoms with Crippen molar-refractivity contribution in [3.8, 4) is 11.3 Å². The van der Waals surface area contributed by atoms with Gasteiger partial charge in [-0.1, -0.05) is 35.9 Å². The first-order valence-corrected chi connectivity index (χ1v) is 11.1. The number of halogens is 1. The van der Waals surface area contributed by atoms with Gasteiger partial charge in [0, 0.05) is 35.0 Å². The summed E-state index contributed by atoms with van der Waals surface area (Å²) in [6.45, 7) is 0.349. The number of nitrogens with zero attached hydrogens (tertiary/aromatic N) is 2. The molecule has 152 valence electrons. The second-order valence-corrected chi connectivity index (χ2v) is 8.94. The van der Waals surface area contributed by atoms with Crippen LogP contribution in [0, 0.1) is 0 Å². The van der Waals surface area contributed by atoms with Crippen LogP contribution in [0.5, 0.6) is 0 Å². The first-order chi connectivity index (χ1) is 13.8. The number of hydrogen-bond acceptors (Lipinski definition) is 7. The van der Waals surface area contributed by atoms with E-state index in [2.05, 4.69) is 15.3 Å². The molecule has 0 aliphatic carbocycles. The van der Waals surface area contributed by atoms with Crippen molar-refractivity contribution in [1.82, 2.24) is 9.97 Å². The molecule has 3 aromatic rings. The van der Waals surface area contributed by atoms with Gasteiger partial charge in [0.05, 0.1) is 17.2 Å². The van der Waals surface area contributed by atoms with Gasteiger partial charge in [0.2, 0.25) is 5.95 Å². The molecule has 0 bridgehead atoms. The average molecular weight is 433 g/mol. The number of sulfone groups is 1. The maximum atomic E-state index is 11.5. The lowest BCUT2D eigenvalue weighted by Crippen LogP contribution is -2.09. The number of nitrogen functional groups attached to an aromatic ring is 1. The van der Waals surface area contributed by atoms with Crippen LogP contribution >= 0.6 is 11.6 Å². The highest BCUT2D eigenvalue weighted by Crippen LogP contribution is 2.29. The molecule has 7 nitrogen and oxygen atoms in total. The van der Waals surface area contributed by atoms with Crippen LogP contribution in [-0.2, 0) is 22.9 Å². The van der Waals surface area contributed by atoms with Crippen molar-refractivity contribution in [3.63, 3.8) is 0 Å². The van der Waals surface area contributed by atoms with Crippen LogP contribution in [0.25, 0.3) is 11.3 Å². The Morgan fingerprint density at radius 2 is 1.86 bits per heavy atom. The molecule has 0 amide bonds. The average Bonchev–Trinajstić information content (AvgIpc) is 2.67. The quantitative estimate of drug-likeness (QED) is 0.525. The normalized spacial score (nSPS) is 11.4. The van der Waals surface area contributed by atoms with Gasteiger partial charge in [0.25, 0.3) is 0 Å². The smallest absolute Gasteiger partial charge is 0.222 e. The molecule has 0 saturated heterocycles. The van der Waals surface area contributed by atoms with Crippen LogP contribution in [0.3, 0.4) is 0 Å². The Bertz CT molecular complexity index is 1120. The summed E-state index contributed by atoms with van der Waals surface area (Å²) in [6, 6.07) is 13.8. The Hall–Kier alpha value is -2.68. The van der Waals surface area contributed by atoms with Crippen LogP contribution in [0.4, 0.5) is 11.8 Å². The molecule has 1 heterocycles. The summed E-state index contributed by atoms with van der Waals surface area (Å²) < 4.78 is 23.1.